The summed E-state index contributed by atoms with van der Waals surface area (Å²) in [6, 6.07) is 0. The van der Waals surface area contributed by atoms with E-state index >= 15 is 0 Å². The summed E-state index contributed by atoms with van der Waals surface area (Å²) >= 11 is 0. The number of carbonyl (C=O) groups is 1. The quantitative estimate of drug-likeness (QED) is 0.281. The lowest BCUT2D eigenvalue weighted by Crippen LogP contribution is -2.06. The van der Waals surface area contributed by atoms with Crippen molar-refractivity contribution in [3.05, 3.63) is 22.8 Å². The van der Waals surface area contributed by atoms with E-state index in [1.54, 1.807) is 0 Å². The lowest BCUT2D eigenvalue weighted by molar-refractivity contribution is -0.119. The molecule has 0 aromatic carbocycles. The molecular weight excluding hydrogens is 292 g/mol. The third kappa shape index (κ3) is 10.5. The second kappa shape index (κ2) is 13.1. The van der Waals surface area contributed by atoms with E-state index < -0.39 is 0 Å². The second-order valence-electron chi connectivity index (χ2n) is 7.65. The summed E-state index contributed by atoms with van der Waals surface area (Å²) in [6.07, 6.45) is 15.5. The number of unbranched alkanes of at least 4 members (excludes halogenated alkanes) is 1. The molecule has 0 N–H and O–H groups in total. The molecule has 136 valence electrons. The zero-order valence-electron chi connectivity index (χ0n) is 16.9. The van der Waals surface area contributed by atoms with Gasteiger partial charge in [0.1, 0.15) is 5.78 Å². The summed E-state index contributed by atoms with van der Waals surface area (Å²) in [5, 5.41) is 0. The van der Waals surface area contributed by atoms with Crippen molar-refractivity contribution in [2.24, 2.45) is 11.8 Å². The van der Waals surface area contributed by atoms with Gasteiger partial charge in [-0.25, -0.2) is 0 Å². The van der Waals surface area contributed by atoms with Gasteiger partial charge >= 0.3 is 0 Å². The number of terminal acetylenes is 1. The molecule has 0 aromatic heterocycles. The fourth-order valence-electron chi connectivity index (χ4n) is 2.79. The molecule has 0 aliphatic carbocycles. The van der Waals surface area contributed by atoms with Gasteiger partial charge in [-0.2, -0.15) is 0 Å². The van der Waals surface area contributed by atoms with Gasteiger partial charge in [0.15, 0.2) is 0 Å². The van der Waals surface area contributed by atoms with Crippen LogP contribution in [0, 0.1) is 24.2 Å². The number of ketones is 1. The minimum atomic E-state index is 0.355. The molecule has 24 heavy (non-hydrogen) atoms. The van der Waals surface area contributed by atoms with E-state index in [9.17, 15) is 4.79 Å². The van der Waals surface area contributed by atoms with Crippen LogP contribution in [0.5, 0.6) is 0 Å². The van der Waals surface area contributed by atoms with Crippen molar-refractivity contribution in [1.82, 2.24) is 0 Å². The normalized spacial score (nSPS) is 13.2. The summed E-state index contributed by atoms with van der Waals surface area (Å²) in [7, 11) is 0. The molecule has 0 aromatic rings. The molecule has 0 bridgehead atoms. The molecule has 0 unspecified atom stereocenters. The Bertz CT molecular complexity index is 469. The van der Waals surface area contributed by atoms with E-state index in [1.807, 2.05) is 0 Å². The van der Waals surface area contributed by atoms with Gasteiger partial charge in [0.2, 0.25) is 0 Å². The Morgan fingerprint density at radius 1 is 1.08 bits per heavy atom. The van der Waals surface area contributed by atoms with Gasteiger partial charge in [0, 0.05) is 18.4 Å². The first kappa shape index (κ1) is 22.7. The lowest BCUT2D eigenvalue weighted by Gasteiger charge is -2.14. The van der Waals surface area contributed by atoms with Crippen LogP contribution in [0.3, 0.4) is 0 Å². The maximum atomic E-state index is 12.3. The molecule has 0 atom stereocenters. The molecule has 0 spiro atoms. The highest BCUT2D eigenvalue weighted by atomic mass is 16.1. The Morgan fingerprint density at radius 2 is 1.75 bits per heavy atom. The second-order valence-corrected chi connectivity index (χ2v) is 7.65. The van der Waals surface area contributed by atoms with Crippen molar-refractivity contribution >= 4 is 5.78 Å². The van der Waals surface area contributed by atoms with E-state index in [1.165, 1.54) is 11.1 Å². The van der Waals surface area contributed by atoms with Crippen LogP contribution in [0.15, 0.2) is 22.8 Å². The molecule has 0 saturated carbocycles. The standard InChI is InChI=1S/C23H38O/c1-8-11-12-20(9-2)16-22(14-13-18(4)5)21(10-3)17-23(24)15-19(6)7/h2,16,18-19H,8,10-15,17H2,1,3-7H3/b20-16+,22-21-. The van der Waals surface area contributed by atoms with E-state index in [0.717, 1.165) is 44.1 Å². The first-order valence-electron chi connectivity index (χ1n) is 9.73. The maximum absolute atomic E-state index is 12.3. The molecule has 0 aliphatic rings. The summed E-state index contributed by atoms with van der Waals surface area (Å²) < 4.78 is 0. The monoisotopic (exact) mass is 330 g/mol. The molecule has 0 aliphatic heterocycles. The van der Waals surface area contributed by atoms with Gasteiger partial charge < -0.3 is 0 Å². The van der Waals surface area contributed by atoms with Crippen molar-refractivity contribution in [2.75, 3.05) is 0 Å². The summed E-state index contributed by atoms with van der Waals surface area (Å²) in [6.45, 7) is 13.0. The predicted octanol–water partition coefficient (Wildman–Crippen LogP) is 6.88. The van der Waals surface area contributed by atoms with Crippen LogP contribution in [-0.2, 0) is 4.79 Å². The number of allylic oxidation sites excluding steroid dienone is 4. The molecule has 0 rings (SSSR count). The van der Waals surface area contributed by atoms with Gasteiger partial charge in [-0.1, -0.05) is 59.5 Å². The molecule has 0 radical (unpaired) electrons. The van der Waals surface area contributed by atoms with Crippen LogP contribution >= 0.6 is 0 Å². The SMILES string of the molecule is C#C/C(=C\C(CCC(C)C)=C(\CC)CC(=O)CC(C)C)CCCC. The van der Waals surface area contributed by atoms with Gasteiger partial charge in [-0.3, -0.25) is 4.79 Å². The Hall–Kier alpha value is -1.29. The fraction of sp³-hybridized carbons (Fsp3) is 0.696. The Kier molecular flexibility index (Phi) is 12.4. The Morgan fingerprint density at radius 3 is 2.21 bits per heavy atom. The molecular formula is C23H38O. The van der Waals surface area contributed by atoms with Crippen molar-refractivity contribution in [2.45, 2.75) is 92.9 Å². The average molecular weight is 331 g/mol. The Balaban J connectivity index is 5.46. The molecule has 1 heteroatoms. The van der Waals surface area contributed by atoms with E-state index in [4.69, 9.17) is 6.42 Å². The number of hydrogen-bond acceptors (Lipinski definition) is 1. The molecule has 0 fully saturated rings. The van der Waals surface area contributed by atoms with E-state index in [2.05, 4.69) is 53.5 Å². The third-order valence-corrected chi connectivity index (χ3v) is 4.25. The largest absolute Gasteiger partial charge is 0.299 e. The van der Waals surface area contributed by atoms with Crippen LogP contribution in [-0.4, -0.2) is 5.78 Å². The minimum Gasteiger partial charge on any atom is -0.299 e. The smallest absolute Gasteiger partial charge is 0.137 e. The van der Waals surface area contributed by atoms with Gasteiger partial charge in [-0.15, -0.1) is 6.42 Å². The van der Waals surface area contributed by atoms with Crippen molar-refractivity contribution in [1.29, 1.82) is 0 Å². The first-order chi connectivity index (χ1) is 11.3. The topological polar surface area (TPSA) is 17.1 Å². The predicted molar refractivity (Wildman–Crippen MR) is 107 cm³/mol. The summed E-state index contributed by atoms with van der Waals surface area (Å²) in [5.74, 6) is 4.30. The first-order valence-corrected chi connectivity index (χ1v) is 9.73. The summed E-state index contributed by atoms with van der Waals surface area (Å²) in [4.78, 5) is 12.3. The van der Waals surface area contributed by atoms with Crippen LogP contribution in [0.2, 0.25) is 0 Å². The van der Waals surface area contributed by atoms with Crippen molar-refractivity contribution in [3.63, 3.8) is 0 Å². The average Bonchev–Trinajstić information content (AvgIpc) is 2.51. The number of carbonyl (C=O) groups excluding carboxylic acids is 1. The highest BCUT2D eigenvalue weighted by Gasteiger charge is 2.12. The van der Waals surface area contributed by atoms with Crippen LogP contribution in [0.4, 0.5) is 0 Å². The minimum absolute atomic E-state index is 0.355. The maximum Gasteiger partial charge on any atom is 0.137 e. The molecule has 0 heterocycles. The number of Topliss-reactive ketones (excluding diaryl/α,β-unsaturated/α-hetero) is 1. The van der Waals surface area contributed by atoms with Crippen molar-refractivity contribution < 1.29 is 4.79 Å². The summed E-state index contributed by atoms with van der Waals surface area (Å²) in [5.41, 5.74) is 3.68. The Labute approximate surface area is 151 Å². The van der Waals surface area contributed by atoms with Crippen LogP contribution in [0.1, 0.15) is 92.9 Å². The third-order valence-electron chi connectivity index (χ3n) is 4.25. The van der Waals surface area contributed by atoms with Gasteiger partial charge in [0.25, 0.3) is 0 Å². The van der Waals surface area contributed by atoms with Crippen molar-refractivity contribution in [3.8, 4) is 12.3 Å². The number of rotatable bonds is 12. The van der Waals surface area contributed by atoms with Crippen LogP contribution in [0.25, 0.3) is 0 Å². The highest BCUT2D eigenvalue weighted by Crippen LogP contribution is 2.25. The fourth-order valence-corrected chi connectivity index (χ4v) is 2.79. The van der Waals surface area contributed by atoms with E-state index in [0.29, 0.717) is 30.5 Å². The van der Waals surface area contributed by atoms with Gasteiger partial charge in [-0.05, 0) is 55.6 Å². The molecule has 0 amide bonds. The lowest BCUT2D eigenvalue weighted by atomic mass is 9.90. The number of hydrogen-bond donors (Lipinski definition) is 0. The van der Waals surface area contributed by atoms with Crippen LogP contribution < -0.4 is 0 Å². The molecule has 1 nitrogen and oxygen atoms in total. The van der Waals surface area contributed by atoms with E-state index in [-0.39, 0.29) is 0 Å². The zero-order chi connectivity index (χ0) is 18.5. The zero-order valence-corrected chi connectivity index (χ0v) is 16.9. The molecule has 0 saturated heterocycles. The van der Waals surface area contributed by atoms with Gasteiger partial charge in [0.05, 0.1) is 0 Å². The highest BCUT2D eigenvalue weighted by molar-refractivity contribution is 5.81.